The molecule has 0 amide bonds. The molecule has 0 aliphatic rings. The number of carbonyl (C=O) groups excluding carboxylic acids is 1. The van der Waals surface area contributed by atoms with Gasteiger partial charge in [-0.1, -0.05) is 32.6 Å². The molecule has 0 aromatic carbocycles. The van der Waals surface area contributed by atoms with Crippen molar-refractivity contribution in [2.24, 2.45) is 0 Å². The van der Waals surface area contributed by atoms with E-state index in [1.165, 1.54) is 19.3 Å². The van der Waals surface area contributed by atoms with Crippen molar-refractivity contribution in [1.29, 1.82) is 0 Å². The third-order valence-corrected chi connectivity index (χ3v) is 2.21. The van der Waals surface area contributed by atoms with Crippen LogP contribution in [0.25, 0.3) is 0 Å². The number of esters is 1. The zero-order valence-electron chi connectivity index (χ0n) is 12.2. The molecule has 0 spiro atoms. The summed E-state index contributed by atoms with van der Waals surface area (Å²) in [5.74, 6) is -0.149. The van der Waals surface area contributed by atoms with Crippen LogP contribution in [0.2, 0.25) is 0 Å². The Morgan fingerprint density at radius 3 is 2.47 bits per heavy atom. The van der Waals surface area contributed by atoms with Crippen molar-refractivity contribution in [2.75, 3.05) is 26.4 Å². The maximum atomic E-state index is 11.2. The molecular formula is C12H25KO4. The first-order valence-corrected chi connectivity index (χ1v) is 6.15. The fourth-order valence-electron chi connectivity index (χ4n) is 1.33. The van der Waals surface area contributed by atoms with E-state index in [2.05, 4.69) is 6.92 Å². The minimum absolute atomic E-state index is 0. The molecule has 0 atom stereocenters. The second kappa shape index (κ2) is 17.0. The summed E-state index contributed by atoms with van der Waals surface area (Å²) in [5.41, 5.74) is 0. The van der Waals surface area contributed by atoms with E-state index in [0.29, 0.717) is 19.6 Å². The van der Waals surface area contributed by atoms with E-state index < -0.39 is 0 Å². The Labute approximate surface area is 148 Å². The maximum absolute atomic E-state index is 11.2. The number of aliphatic hydroxyl groups excluding tert-OH is 1. The van der Waals surface area contributed by atoms with Gasteiger partial charge in [0.05, 0.1) is 19.8 Å². The van der Waals surface area contributed by atoms with Crippen molar-refractivity contribution >= 4 is 5.97 Å². The van der Waals surface area contributed by atoms with Crippen molar-refractivity contribution in [2.45, 2.75) is 45.4 Å². The van der Waals surface area contributed by atoms with Gasteiger partial charge >= 0.3 is 57.4 Å². The molecule has 0 saturated carbocycles. The monoisotopic (exact) mass is 272 g/mol. The molecule has 17 heavy (non-hydrogen) atoms. The Hall–Kier alpha value is 1.03. The van der Waals surface area contributed by atoms with Crippen LogP contribution < -0.4 is 51.4 Å². The predicted molar refractivity (Wildman–Crippen MR) is 63.4 cm³/mol. The van der Waals surface area contributed by atoms with Crippen molar-refractivity contribution < 1.29 is 72.2 Å². The van der Waals surface area contributed by atoms with Crippen LogP contribution in [0, 0.1) is 0 Å². The zero-order valence-corrected chi connectivity index (χ0v) is 14.4. The van der Waals surface area contributed by atoms with Gasteiger partial charge in [-0.05, 0) is 6.42 Å². The molecule has 98 valence electrons. The number of hydrogen-bond acceptors (Lipinski definition) is 4. The van der Waals surface area contributed by atoms with Gasteiger partial charge in [-0.15, -0.1) is 0 Å². The van der Waals surface area contributed by atoms with Gasteiger partial charge in [0.2, 0.25) is 0 Å². The van der Waals surface area contributed by atoms with Gasteiger partial charge in [-0.25, -0.2) is 0 Å². The van der Waals surface area contributed by atoms with Gasteiger partial charge < -0.3 is 16.0 Å². The van der Waals surface area contributed by atoms with E-state index in [-0.39, 0.29) is 72.0 Å². The van der Waals surface area contributed by atoms with Crippen LogP contribution in [0.1, 0.15) is 46.9 Å². The molecule has 0 aromatic rings. The summed E-state index contributed by atoms with van der Waals surface area (Å²) < 4.78 is 9.91. The second-order valence-corrected chi connectivity index (χ2v) is 3.72. The van der Waals surface area contributed by atoms with E-state index in [1.807, 2.05) is 0 Å². The number of ether oxygens (including phenoxy) is 2. The van der Waals surface area contributed by atoms with Gasteiger partial charge in [-0.3, -0.25) is 4.79 Å². The van der Waals surface area contributed by atoms with Crippen molar-refractivity contribution in [3.05, 3.63) is 0 Å². The zero-order chi connectivity index (χ0) is 12.1. The molecule has 0 aliphatic carbocycles. The van der Waals surface area contributed by atoms with Gasteiger partial charge in [0, 0.05) is 6.42 Å². The molecule has 0 radical (unpaired) electrons. The van der Waals surface area contributed by atoms with E-state index >= 15 is 0 Å². The standard InChI is InChI=1S/C12H24O4.K.H/c1-2-3-4-5-6-7-12(14)16-11-10-15-9-8-13;;/h13H,2-11H2,1H3;;/q;+1;-1. The van der Waals surface area contributed by atoms with E-state index in [9.17, 15) is 4.79 Å². The van der Waals surface area contributed by atoms with Crippen molar-refractivity contribution in [3.63, 3.8) is 0 Å². The minimum Gasteiger partial charge on any atom is -1.00 e. The molecule has 5 heteroatoms. The van der Waals surface area contributed by atoms with E-state index in [4.69, 9.17) is 14.6 Å². The maximum Gasteiger partial charge on any atom is 1.00 e. The largest absolute Gasteiger partial charge is 1.00 e. The smallest absolute Gasteiger partial charge is 1.00 e. The number of aliphatic hydroxyl groups is 1. The quantitative estimate of drug-likeness (QED) is 0.298. The van der Waals surface area contributed by atoms with Crippen LogP contribution in [0.5, 0.6) is 0 Å². The molecule has 0 heterocycles. The molecule has 0 unspecified atom stereocenters. The fraction of sp³-hybridized carbons (Fsp3) is 0.917. The number of carbonyl (C=O) groups is 1. The normalized spacial score (nSPS) is 9.76. The van der Waals surface area contributed by atoms with Gasteiger partial charge in [-0.2, -0.15) is 0 Å². The van der Waals surface area contributed by atoms with Crippen LogP contribution in [-0.4, -0.2) is 37.5 Å². The molecule has 0 fully saturated rings. The van der Waals surface area contributed by atoms with E-state index in [1.54, 1.807) is 0 Å². The summed E-state index contributed by atoms with van der Waals surface area (Å²) in [5, 5.41) is 8.43. The Morgan fingerprint density at radius 2 is 1.82 bits per heavy atom. The van der Waals surface area contributed by atoms with Crippen LogP contribution in [0.3, 0.4) is 0 Å². The third kappa shape index (κ3) is 17.0. The van der Waals surface area contributed by atoms with Gasteiger partial charge in [0.25, 0.3) is 0 Å². The first-order valence-electron chi connectivity index (χ1n) is 6.15. The second-order valence-electron chi connectivity index (χ2n) is 3.72. The Kier molecular flexibility index (Phi) is 20.4. The summed E-state index contributed by atoms with van der Waals surface area (Å²) in [7, 11) is 0. The Bertz CT molecular complexity index is 154. The molecule has 0 bridgehead atoms. The third-order valence-electron chi connectivity index (χ3n) is 2.21. The predicted octanol–water partition coefficient (Wildman–Crippen LogP) is -0.984. The van der Waals surface area contributed by atoms with E-state index in [0.717, 1.165) is 12.8 Å². The molecule has 0 saturated heterocycles. The molecule has 0 rings (SSSR count). The van der Waals surface area contributed by atoms with Crippen LogP contribution >= 0.6 is 0 Å². The molecule has 1 N–H and O–H groups in total. The summed E-state index contributed by atoms with van der Waals surface area (Å²) in [6.45, 7) is 3.12. The number of unbranched alkanes of at least 4 members (excludes halogenated alkanes) is 4. The first-order chi connectivity index (χ1) is 7.81. The molecule has 4 nitrogen and oxygen atoms in total. The number of hydrogen-bond donors (Lipinski definition) is 1. The molecule has 0 aliphatic heterocycles. The Balaban J connectivity index is -0.00000112. The summed E-state index contributed by atoms with van der Waals surface area (Å²) in [6, 6.07) is 0. The van der Waals surface area contributed by atoms with Crippen molar-refractivity contribution in [3.8, 4) is 0 Å². The topological polar surface area (TPSA) is 55.8 Å². The summed E-state index contributed by atoms with van der Waals surface area (Å²) in [6.07, 6.45) is 6.17. The molecular weight excluding hydrogens is 247 g/mol. The molecule has 0 aromatic heterocycles. The fourth-order valence-corrected chi connectivity index (χ4v) is 1.33. The summed E-state index contributed by atoms with van der Waals surface area (Å²) >= 11 is 0. The Morgan fingerprint density at radius 1 is 1.12 bits per heavy atom. The average molecular weight is 272 g/mol. The van der Waals surface area contributed by atoms with Crippen LogP contribution in [0.4, 0.5) is 0 Å². The first kappa shape index (κ1) is 20.3. The summed E-state index contributed by atoms with van der Waals surface area (Å²) in [4.78, 5) is 11.2. The minimum atomic E-state index is -0.149. The van der Waals surface area contributed by atoms with Crippen LogP contribution in [0.15, 0.2) is 0 Å². The van der Waals surface area contributed by atoms with Gasteiger partial charge in [0.15, 0.2) is 0 Å². The van der Waals surface area contributed by atoms with Crippen LogP contribution in [-0.2, 0) is 14.3 Å². The van der Waals surface area contributed by atoms with Gasteiger partial charge in [0.1, 0.15) is 6.61 Å². The number of rotatable bonds is 11. The van der Waals surface area contributed by atoms with Crippen molar-refractivity contribution in [1.82, 2.24) is 0 Å². The SMILES string of the molecule is CCCCCCCC(=O)OCCOCCO.[H-].[K+]. The average Bonchev–Trinajstić information content (AvgIpc) is 2.28.